The first-order valence-electron chi connectivity index (χ1n) is 10.6. The molecule has 2 aromatic rings. The number of carbonyl (C=O) groups is 1. The number of rotatable bonds is 5. The third-order valence-electron chi connectivity index (χ3n) is 6.15. The maximum atomic E-state index is 14.2. The van der Waals surface area contributed by atoms with Gasteiger partial charge in [-0.25, -0.2) is 8.78 Å². The van der Waals surface area contributed by atoms with E-state index in [0.717, 1.165) is 12.1 Å². The van der Waals surface area contributed by atoms with Gasteiger partial charge >= 0.3 is 6.18 Å². The van der Waals surface area contributed by atoms with E-state index < -0.39 is 52.8 Å². The van der Waals surface area contributed by atoms with Crippen molar-refractivity contribution in [3.05, 3.63) is 62.0 Å². The van der Waals surface area contributed by atoms with Crippen LogP contribution in [0.1, 0.15) is 34.1 Å². The van der Waals surface area contributed by atoms with Crippen LogP contribution in [0.2, 0.25) is 5.02 Å². The Bertz CT molecular complexity index is 1200. The van der Waals surface area contributed by atoms with Crippen molar-refractivity contribution in [1.29, 1.82) is 0 Å². The molecule has 1 aromatic heterocycles. The number of carbonyl (C=O) groups excluding carboxylic acids is 1. The molecule has 1 amide bonds. The monoisotopic (exact) mass is 521 g/mol. The fraction of sp³-hybridized carbons (Fsp3) is 0.455. The van der Waals surface area contributed by atoms with Crippen molar-refractivity contribution >= 4 is 17.5 Å². The molecular weight excluding hydrogens is 501 g/mol. The zero-order valence-corrected chi connectivity index (χ0v) is 19.2. The number of aromatic nitrogens is 1. The van der Waals surface area contributed by atoms with Crippen molar-refractivity contribution in [3.63, 3.8) is 0 Å². The Morgan fingerprint density at radius 2 is 2.03 bits per heavy atom. The lowest BCUT2D eigenvalue weighted by molar-refractivity contribution is -0.165. The number of hydrogen-bond acceptors (Lipinski definition) is 5. The highest BCUT2D eigenvalue weighted by molar-refractivity contribution is 6.30. The van der Waals surface area contributed by atoms with Crippen LogP contribution in [0, 0.1) is 11.6 Å². The lowest BCUT2D eigenvalue weighted by Crippen LogP contribution is -2.54. The summed E-state index contributed by atoms with van der Waals surface area (Å²) in [4.78, 5) is 27.1. The summed E-state index contributed by atoms with van der Waals surface area (Å²) >= 11 is 5.56. The van der Waals surface area contributed by atoms with Crippen molar-refractivity contribution in [2.45, 2.75) is 37.8 Å². The molecule has 0 saturated carbocycles. The van der Waals surface area contributed by atoms with Crippen LogP contribution in [0.5, 0.6) is 5.75 Å². The van der Waals surface area contributed by atoms with Crippen molar-refractivity contribution in [1.82, 2.24) is 14.8 Å². The van der Waals surface area contributed by atoms with Crippen molar-refractivity contribution in [2.75, 3.05) is 26.9 Å². The van der Waals surface area contributed by atoms with E-state index in [1.165, 1.54) is 18.2 Å². The molecule has 0 spiro atoms. The summed E-state index contributed by atoms with van der Waals surface area (Å²) in [5.41, 5.74) is -1.01. The normalized spacial score (nSPS) is 20.2. The number of benzene rings is 1. The van der Waals surface area contributed by atoms with Crippen LogP contribution in [0.3, 0.4) is 0 Å². The van der Waals surface area contributed by atoms with Crippen LogP contribution in [0.15, 0.2) is 23.1 Å². The predicted octanol–water partition coefficient (Wildman–Crippen LogP) is 3.43. The molecule has 1 saturated heterocycles. The highest BCUT2D eigenvalue weighted by Gasteiger charge is 2.43. The SMILES string of the molecule is COc1c2n(cc(C(=O)NCc3ccc(F)c(Cl)c3F)c1=O)[C@H]1CCOC[C@H]1N(CC(F)(F)F)C2. The zero-order valence-electron chi connectivity index (χ0n) is 18.4. The van der Waals surface area contributed by atoms with Gasteiger partial charge in [0, 0.05) is 31.5 Å². The summed E-state index contributed by atoms with van der Waals surface area (Å²) in [6, 6.07) is 0.932. The van der Waals surface area contributed by atoms with Gasteiger partial charge in [0.1, 0.15) is 22.2 Å². The van der Waals surface area contributed by atoms with Crippen LogP contribution < -0.4 is 15.5 Å². The maximum Gasteiger partial charge on any atom is 0.401 e. The van der Waals surface area contributed by atoms with Crippen LogP contribution in [0.25, 0.3) is 0 Å². The lowest BCUT2D eigenvalue weighted by atomic mass is 9.96. The number of pyridine rings is 1. The van der Waals surface area contributed by atoms with Gasteiger partial charge in [-0.15, -0.1) is 0 Å². The van der Waals surface area contributed by atoms with E-state index in [1.54, 1.807) is 4.57 Å². The summed E-state index contributed by atoms with van der Waals surface area (Å²) in [7, 11) is 1.19. The number of hydrogen-bond donors (Lipinski definition) is 1. The van der Waals surface area contributed by atoms with Crippen LogP contribution in [-0.2, 0) is 17.8 Å². The van der Waals surface area contributed by atoms with Gasteiger partial charge in [-0.1, -0.05) is 17.7 Å². The second-order valence-electron chi connectivity index (χ2n) is 8.29. The third-order valence-corrected chi connectivity index (χ3v) is 6.49. The highest BCUT2D eigenvalue weighted by Crippen LogP contribution is 2.37. The smallest absolute Gasteiger partial charge is 0.401 e. The Hall–Kier alpha value is -2.70. The van der Waals surface area contributed by atoms with E-state index in [-0.39, 0.29) is 42.3 Å². The molecule has 2 aliphatic heterocycles. The summed E-state index contributed by atoms with van der Waals surface area (Å²) in [6.07, 6.45) is -2.81. The number of amides is 1. The molecule has 0 radical (unpaired) electrons. The first-order chi connectivity index (χ1) is 16.5. The molecule has 4 rings (SSSR count). The summed E-state index contributed by atoms with van der Waals surface area (Å²) < 4.78 is 79.4. The number of ether oxygens (including phenoxy) is 2. The quantitative estimate of drug-likeness (QED) is 0.482. The van der Waals surface area contributed by atoms with Crippen LogP contribution in [-0.4, -0.2) is 54.5 Å². The van der Waals surface area contributed by atoms with E-state index >= 15 is 0 Å². The second kappa shape index (κ2) is 9.75. The fourth-order valence-electron chi connectivity index (χ4n) is 4.54. The van der Waals surface area contributed by atoms with E-state index in [0.29, 0.717) is 13.0 Å². The Balaban J connectivity index is 1.68. The van der Waals surface area contributed by atoms with E-state index in [2.05, 4.69) is 5.32 Å². The molecule has 2 atom stereocenters. The Kier molecular flexibility index (Phi) is 7.07. The summed E-state index contributed by atoms with van der Waals surface area (Å²) in [5.74, 6) is -3.10. The number of halogens is 6. The van der Waals surface area contributed by atoms with E-state index in [1.807, 2.05) is 0 Å². The molecule has 7 nitrogen and oxygen atoms in total. The molecule has 3 heterocycles. The van der Waals surface area contributed by atoms with Crippen LogP contribution >= 0.6 is 11.6 Å². The first kappa shape index (κ1) is 25.4. The summed E-state index contributed by atoms with van der Waals surface area (Å²) in [6.45, 7) is -1.46. The van der Waals surface area contributed by atoms with Crippen LogP contribution in [0.4, 0.5) is 22.0 Å². The number of methoxy groups -OCH3 is 1. The number of alkyl halides is 3. The minimum Gasteiger partial charge on any atom is -0.491 e. The van der Waals surface area contributed by atoms with Gasteiger partial charge in [0.2, 0.25) is 5.43 Å². The van der Waals surface area contributed by atoms with Gasteiger partial charge in [0.05, 0.1) is 38.0 Å². The Morgan fingerprint density at radius 1 is 1.29 bits per heavy atom. The molecule has 1 fully saturated rings. The fourth-order valence-corrected chi connectivity index (χ4v) is 4.72. The molecule has 0 unspecified atom stereocenters. The Morgan fingerprint density at radius 3 is 2.71 bits per heavy atom. The molecule has 1 aromatic carbocycles. The standard InChI is InChI=1S/C22H21ClF5N3O4/c1-34-20-15-8-30(10-22(26,27)28)16-9-35-5-4-14(16)31(15)7-12(19(20)32)21(33)29-6-11-2-3-13(24)17(23)18(11)25/h2-3,7,14,16H,4-6,8-10H2,1H3,(H,29,33)/t14-,16+/m0/s1. The molecule has 0 bridgehead atoms. The topological polar surface area (TPSA) is 72.8 Å². The highest BCUT2D eigenvalue weighted by atomic mass is 35.5. The number of nitrogens with zero attached hydrogens (tertiary/aromatic N) is 2. The van der Waals surface area contributed by atoms with Gasteiger partial charge in [0.25, 0.3) is 5.91 Å². The second-order valence-corrected chi connectivity index (χ2v) is 8.67. The molecular formula is C22H21ClF5N3O4. The van der Waals surface area contributed by atoms with Crippen molar-refractivity contribution < 1.29 is 36.2 Å². The van der Waals surface area contributed by atoms with Gasteiger partial charge in [-0.3, -0.25) is 14.5 Å². The van der Waals surface area contributed by atoms with Crippen molar-refractivity contribution in [2.24, 2.45) is 0 Å². The van der Waals surface area contributed by atoms with Gasteiger partial charge in [-0.2, -0.15) is 13.2 Å². The predicted molar refractivity (Wildman–Crippen MR) is 115 cm³/mol. The molecule has 35 heavy (non-hydrogen) atoms. The van der Waals surface area contributed by atoms with Gasteiger partial charge in [-0.05, 0) is 12.5 Å². The largest absolute Gasteiger partial charge is 0.491 e. The minimum atomic E-state index is -4.46. The summed E-state index contributed by atoms with van der Waals surface area (Å²) in [5, 5.41) is 1.68. The number of fused-ring (bicyclic) bond motifs is 3. The molecule has 190 valence electrons. The zero-order chi connectivity index (χ0) is 25.5. The van der Waals surface area contributed by atoms with E-state index in [9.17, 15) is 31.5 Å². The molecule has 1 N–H and O–H groups in total. The average Bonchev–Trinajstić information content (AvgIpc) is 2.81. The molecule has 0 aliphatic carbocycles. The van der Waals surface area contributed by atoms with E-state index in [4.69, 9.17) is 21.1 Å². The lowest BCUT2D eigenvalue weighted by Gasteiger charge is -2.46. The average molecular weight is 522 g/mol. The minimum absolute atomic E-state index is 0.0563. The molecule has 13 heteroatoms. The third kappa shape index (κ3) is 5.00. The van der Waals surface area contributed by atoms with Gasteiger partial charge in [0.15, 0.2) is 5.75 Å². The molecule has 2 aliphatic rings. The first-order valence-corrected chi connectivity index (χ1v) is 11.0. The maximum absolute atomic E-state index is 14.2. The Labute approximate surface area is 201 Å². The number of nitrogens with one attached hydrogen (secondary N) is 1. The van der Waals surface area contributed by atoms with Gasteiger partial charge < -0.3 is 19.4 Å². The van der Waals surface area contributed by atoms with Crippen molar-refractivity contribution in [3.8, 4) is 5.75 Å².